The minimum absolute atomic E-state index is 0.000597. The van der Waals surface area contributed by atoms with E-state index in [9.17, 15) is 5.11 Å². The molecule has 0 aromatic carbocycles. The molecule has 1 N–H and O–H groups in total. The average Bonchev–Trinajstić information content (AvgIpc) is 2.28. The number of rotatable bonds is 2. The van der Waals surface area contributed by atoms with Crippen molar-refractivity contribution in [2.24, 2.45) is 5.92 Å². The highest BCUT2D eigenvalue weighted by atomic mass is 35.5. The highest BCUT2D eigenvalue weighted by Crippen LogP contribution is 2.38. The molecule has 2 rings (SSSR count). The van der Waals surface area contributed by atoms with Gasteiger partial charge in [-0.3, -0.25) is 4.98 Å². The zero-order chi connectivity index (χ0) is 12.5. The number of aliphatic hydroxyl groups excluding tert-OH is 1. The molecule has 0 aliphatic carbocycles. The summed E-state index contributed by atoms with van der Waals surface area (Å²) in [5.41, 5.74) is 0.845. The third kappa shape index (κ3) is 2.77. The Morgan fingerprint density at radius 3 is 3.00 bits per heavy atom. The van der Waals surface area contributed by atoms with Gasteiger partial charge in [0, 0.05) is 23.9 Å². The molecule has 0 radical (unpaired) electrons. The second kappa shape index (κ2) is 4.90. The van der Waals surface area contributed by atoms with Crippen LogP contribution in [0.3, 0.4) is 0 Å². The van der Waals surface area contributed by atoms with Crippen molar-refractivity contribution in [2.75, 3.05) is 13.2 Å². The third-order valence-corrected chi connectivity index (χ3v) is 3.14. The van der Waals surface area contributed by atoms with E-state index in [0.29, 0.717) is 11.6 Å². The first-order valence-electron chi connectivity index (χ1n) is 5.55. The van der Waals surface area contributed by atoms with Crippen LogP contribution in [-0.2, 0) is 9.47 Å². The largest absolute Gasteiger partial charge is 0.396 e. The monoisotopic (exact) mass is 257 g/mol. The molecule has 0 spiro atoms. The molecule has 94 valence electrons. The predicted molar refractivity (Wildman–Crippen MR) is 63.7 cm³/mol. The Kier molecular flexibility index (Phi) is 3.68. The number of hydrogen-bond acceptors (Lipinski definition) is 4. The number of aromatic nitrogens is 1. The summed E-state index contributed by atoms with van der Waals surface area (Å²) in [6, 6.07) is 1.82. The van der Waals surface area contributed by atoms with Crippen molar-refractivity contribution in [3.63, 3.8) is 0 Å². The van der Waals surface area contributed by atoms with Crippen molar-refractivity contribution in [1.29, 1.82) is 0 Å². The summed E-state index contributed by atoms with van der Waals surface area (Å²) in [5, 5.41) is 9.91. The fourth-order valence-corrected chi connectivity index (χ4v) is 2.14. The molecule has 0 saturated carbocycles. The maximum atomic E-state index is 9.37. The molecule has 1 saturated heterocycles. The number of aliphatic hydroxyl groups is 1. The molecule has 0 amide bonds. The fourth-order valence-electron chi connectivity index (χ4n) is 1.91. The summed E-state index contributed by atoms with van der Waals surface area (Å²) in [4.78, 5) is 3.95. The van der Waals surface area contributed by atoms with Crippen LogP contribution in [0.25, 0.3) is 0 Å². The number of pyridine rings is 1. The summed E-state index contributed by atoms with van der Waals surface area (Å²) in [6.07, 6.45) is 2.98. The maximum absolute atomic E-state index is 9.37. The van der Waals surface area contributed by atoms with Crippen LogP contribution in [0.15, 0.2) is 18.5 Å². The first kappa shape index (κ1) is 12.8. The zero-order valence-electron chi connectivity index (χ0n) is 9.89. The number of hydrogen-bond donors (Lipinski definition) is 1. The molecule has 0 bridgehead atoms. The van der Waals surface area contributed by atoms with E-state index in [1.165, 1.54) is 0 Å². The Morgan fingerprint density at radius 2 is 2.35 bits per heavy atom. The molecule has 1 aliphatic rings. The van der Waals surface area contributed by atoms with Gasteiger partial charge in [0.1, 0.15) is 0 Å². The minimum Gasteiger partial charge on any atom is -0.396 e. The quantitative estimate of drug-likeness (QED) is 0.882. The number of ether oxygens (including phenoxy) is 2. The van der Waals surface area contributed by atoms with Crippen molar-refractivity contribution < 1.29 is 14.6 Å². The highest BCUT2D eigenvalue weighted by Gasteiger charge is 2.37. The Labute approximate surface area is 106 Å². The van der Waals surface area contributed by atoms with Crippen LogP contribution in [-0.4, -0.2) is 29.1 Å². The van der Waals surface area contributed by atoms with Gasteiger partial charge in [0.05, 0.1) is 24.3 Å². The molecule has 2 unspecified atom stereocenters. The summed E-state index contributed by atoms with van der Waals surface area (Å²) in [5.74, 6) is -0.772. The first-order chi connectivity index (χ1) is 8.03. The molecule has 5 heteroatoms. The van der Waals surface area contributed by atoms with E-state index in [0.717, 1.165) is 5.56 Å². The van der Waals surface area contributed by atoms with Crippen LogP contribution in [0.4, 0.5) is 0 Å². The molecule has 1 aromatic heterocycles. The third-order valence-electron chi connectivity index (χ3n) is 2.83. The van der Waals surface area contributed by atoms with E-state index < -0.39 is 5.79 Å². The van der Waals surface area contributed by atoms with Crippen molar-refractivity contribution >= 4 is 11.6 Å². The molecule has 2 heterocycles. The van der Waals surface area contributed by atoms with E-state index in [2.05, 4.69) is 4.98 Å². The van der Waals surface area contributed by atoms with E-state index in [1.807, 2.05) is 19.9 Å². The SMILES string of the molecule is CC1(C)OCC(CO)C(c2ccncc2Cl)O1. The van der Waals surface area contributed by atoms with Gasteiger partial charge < -0.3 is 14.6 Å². The van der Waals surface area contributed by atoms with Crippen molar-refractivity contribution in [3.05, 3.63) is 29.0 Å². The average molecular weight is 258 g/mol. The Hall–Kier alpha value is -0.680. The van der Waals surface area contributed by atoms with Crippen molar-refractivity contribution in [2.45, 2.75) is 25.7 Å². The molecule has 1 aliphatic heterocycles. The normalized spacial score (nSPS) is 28.0. The molecular weight excluding hydrogens is 242 g/mol. The zero-order valence-corrected chi connectivity index (χ0v) is 10.6. The van der Waals surface area contributed by atoms with Gasteiger partial charge in [-0.1, -0.05) is 11.6 Å². The van der Waals surface area contributed by atoms with Gasteiger partial charge in [0.2, 0.25) is 0 Å². The van der Waals surface area contributed by atoms with E-state index in [-0.39, 0.29) is 18.6 Å². The summed E-state index contributed by atoms with van der Waals surface area (Å²) in [7, 11) is 0. The second-order valence-electron chi connectivity index (χ2n) is 4.59. The van der Waals surface area contributed by atoms with E-state index >= 15 is 0 Å². The molecule has 1 fully saturated rings. The predicted octanol–water partition coefficient (Wildman–Crippen LogP) is 2.17. The van der Waals surface area contributed by atoms with Gasteiger partial charge >= 0.3 is 0 Å². The summed E-state index contributed by atoms with van der Waals surface area (Å²) in [6.45, 7) is 4.15. The highest BCUT2D eigenvalue weighted by molar-refractivity contribution is 6.31. The van der Waals surface area contributed by atoms with Crippen molar-refractivity contribution in [1.82, 2.24) is 4.98 Å². The molecule has 2 atom stereocenters. The smallest absolute Gasteiger partial charge is 0.163 e. The minimum atomic E-state index is -0.664. The summed E-state index contributed by atoms with van der Waals surface area (Å²) < 4.78 is 11.4. The lowest BCUT2D eigenvalue weighted by Crippen LogP contribution is -2.42. The van der Waals surface area contributed by atoms with Gasteiger partial charge in [0.15, 0.2) is 5.79 Å². The Balaban J connectivity index is 2.30. The fraction of sp³-hybridized carbons (Fsp3) is 0.583. The van der Waals surface area contributed by atoms with Gasteiger partial charge in [-0.05, 0) is 19.9 Å². The van der Waals surface area contributed by atoms with Crippen LogP contribution in [0.1, 0.15) is 25.5 Å². The van der Waals surface area contributed by atoms with Crippen LogP contribution < -0.4 is 0 Å². The van der Waals surface area contributed by atoms with E-state index in [4.69, 9.17) is 21.1 Å². The molecule has 1 aromatic rings. The number of nitrogens with zero attached hydrogens (tertiary/aromatic N) is 1. The standard InChI is InChI=1S/C12H16ClNO3/c1-12(2)16-7-8(6-15)11(17-12)9-3-4-14-5-10(9)13/h3-5,8,11,15H,6-7H2,1-2H3. The lowest BCUT2D eigenvalue weighted by atomic mass is 9.96. The summed E-state index contributed by atoms with van der Waals surface area (Å²) >= 11 is 6.11. The van der Waals surface area contributed by atoms with Crippen LogP contribution in [0, 0.1) is 5.92 Å². The van der Waals surface area contributed by atoms with Crippen LogP contribution >= 0.6 is 11.6 Å². The lowest BCUT2D eigenvalue weighted by Gasteiger charge is -2.40. The lowest BCUT2D eigenvalue weighted by molar-refractivity contribution is -0.299. The van der Waals surface area contributed by atoms with Gasteiger partial charge in [0.25, 0.3) is 0 Å². The molecule has 17 heavy (non-hydrogen) atoms. The van der Waals surface area contributed by atoms with Crippen molar-refractivity contribution in [3.8, 4) is 0 Å². The van der Waals surface area contributed by atoms with Gasteiger partial charge in [-0.2, -0.15) is 0 Å². The Morgan fingerprint density at radius 1 is 1.59 bits per heavy atom. The second-order valence-corrected chi connectivity index (χ2v) is 5.00. The number of halogens is 1. The molecular formula is C12H16ClNO3. The first-order valence-corrected chi connectivity index (χ1v) is 5.93. The topological polar surface area (TPSA) is 51.6 Å². The van der Waals surface area contributed by atoms with E-state index in [1.54, 1.807) is 12.4 Å². The maximum Gasteiger partial charge on any atom is 0.163 e. The van der Waals surface area contributed by atoms with Crippen LogP contribution in [0.5, 0.6) is 0 Å². The van der Waals surface area contributed by atoms with Crippen LogP contribution in [0.2, 0.25) is 5.02 Å². The van der Waals surface area contributed by atoms with Gasteiger partial charge in [-0.25, -0.2) is 0 Å². The van der Waals surface area contributed by atoms with Gasteiger partial charge in [-0.15, -0.1) is 0 Å². The Bertz CT molecular complexity index is 397. The molecule has 4 nitrogen and oxygen atoms in total.